The van der Waals surface area contributed by atoms with Crippen LogP contribution in [0.15, 0.2) is 30.3 Å². The Kier molecular flexibility index (Phi) is 8.62. The predicted molar refractivity (Wildman–Crippen MR) is 98.5 cm³/mol. The van der Waals surface area contributed by atoms with Crippen molar-refractivity contribution in [2.24, 2.45) is 5.41 Å². The molecule has 0 spiro atoms. The topological polar surface area (TPSA) is 66.8 Å². The van der Waals surface area contributed by atoms with Gasteiger partial charge in [-0.05, 0) is 65.2 Å². The van der Waals surface area contributed by atoms with Crippen LogP contribution in [0.4, 0.5) is 0 Å². The highest BCUT2D eigenvalue weighted by molar-refractivity contribution is 5.99. The molecule has 0 aliphatic carbocycles. The second kappa shape index (κ2) is 10.2. The molecule has 1 aromatic carbocycles. The lowest BCUT2D eigenvalue weighted by atomic mass is 9.78. The van der Waals surface area contributed by atoms with E-state index in [4.69, 9.17) is 4.74 Å². The SMILES string of the molecule is CCC(C)OC(=O)C(CCCN(C)C)(CCc1ccccc1)C(=O)O. The van der Waals surface area contributed by atoms with Gasteiger partial charge in [0.2, 0.25) is 0 Å². The molecule has 1 N–H and O–H groups in total. The molecule has 2 unspecified atom stereocenters. The van der Waals surface area contributed by atoms with E-state index in [0.29, 0.717) is 19.3 Å². The Morgan fingerprint density at radius 3 is 2.36 bits per heavy atom. The molecule has 0 saturated heterocycles. The fraction of sp³-hybridized carbons (Fsp3) is 0.600. The first-order chi connectivity index (χ1) is 11.8. The Labute approximate surface area is 151 Å². The van der Waals surface area contributed by atoms with Crippen LogP contribution in [-0.2, 0) is 20.7 Å². The van der Waals surface area contributed by atoms with E-state index in [0.717, 1.165) is 12.1 Å². The van der Waals surface area contributed by atoms with Crippen molar-refractivity contribution in [3.63, 3.8) is 0 Å². The summed E-state index contributed by atoms with van der Waals surface area (Å²) in [7, 11) is 3.87. The molecule has 0 aliphatic heterocycles. The molecule has 0 radical (unpaired) electrons. The molecule has 0 heterocycles. The number of aliphatic carboxylic acids is 1. The number of esters is 1. The minimum atomic E-state index is -1.49. The zero-order valence-corrected chi connectivity index (χ0v) is 15.8. The quantitative estimate of drug-likeness (QED) is 0.490. The lowest BCUT2D eigenvalue weighted by Gasteiger charge is -2.29. The second-order valence-electron chi connectivity index (χ2n) is 6.90. The number of carbonyl (C=O) groups excluding carboxylic acids is 1. The summed E-state index contributed by atoms with van der Waals surface area (Å²) in [6.45, 7) is 4.44. The highest BCUT2D eigenvalue weighted by Crippen LogP contribution is 2.33. The van der Waals surface area contributed by atoms with E-state index in [1.165, 1.54) is 0 Å². The van der Waals surface area contributed by atoms with E-state index < -0.39 is 17.4 Å². The molecule has 0 fully saturated rings. The lowest BCUT2D eigenvalue weighted by molar-refractivity contribution is -0.173. The summed E-state index contributed by atoms with van der Waals surface area (Å²) in [5.41, 5.74) is -0.466. The van der Waals surface area contributed by atoms with Crippen LogP contribution in [0.5, 0.6) is 0 Å². The molecule has 5 nitrogen and oxygen atoms in total. The summed E-state index contributed by atoms with van der Waals surface area (Å²) in [6, 6.07) is 9.66. The summed E-state index contributed by atoms with van der Waals surface area (Å²) in [5, 5.41) is 9.91. The van der Waals surface area contributed by atoms with Crippen molar-refractivity contribution in [3.8, 4) is 0 Å². The van der Waals surface area contributed by atoms with Gasteiger partial charge in [0.1, 0.15) is 0 Å². The maximum absolute atomic E-state index is 12.8. The molecule has 0 amide bonds. The van der Waals surface area contributed by atoms with Crippen molar-refractivity contribution >= 4 is 11.9 Å². The number of rotatable bonds is 11. The van der Waals surface area contributed by atoms with Gasteiger partial charge in [-0.25, -0.2) is 0 Å². The third-order valence-corrected chi connectivity index (χ3v) is 4.58. The second-order valence-corrected chi connectivity index (χ2v) is 6.90. The van der Waals surface area contributed by atoms with Crippen molar-refractivity contribution in [3.05, 3.63) is 35.9 Å². The number of aryl methyl sites for hydroxylation is 1. The molecule has 0 saturated carbocycles. The maximum atomic E-state index is 12.8. The number of nitrogens with zero attached hydrogens (tertiary/aromatic N) is 1. The fourth-order valence-electron chi connectivity index (χ4n) is 2.71. The zero-order chi connectivity index (χ0) is 18.9. The Balaban J connectivity index is 2.98. The van der Waals surface area contributed by atoms with Gasteiger partial charge >= 0.3 is 11.9 Å². The van der Waals surface area contributed by atoms with E-state index in [1.807, 2.05) is 56.3 Å². The number of carbonyl (C=O) groups is 2. The monoisotopic (exact) mass is 349 g/mol. The van der Waals surface area contributed by atoms with Gasteiger partial charge in [0.25, 0.3) is 0 Å². The smallest absolute Gasteiger partial charge is 0.323 e. The van der Waals surface area contributed by atoms with Crippen LogP contribution in [0.2, 0.25) is 0 Å². The van der Waals surface area contributed by atoms with Crippen molar-refractivity contribution in [2.45, 2.75) is 52.1 Å². The van der Waals surface area contributed by atoms with E-state index in [-0.39, 0.29) is 18.9 Å². The van der Waals surface area contributed by atoms with Gasteiger partial charge < -0.3 is 14.7 Å². The summed E-state index contributed by atoms with van der Waals surface area (Å²) in [6.07, 6.45) is 2.07. The molecule has 2 atom stereocenters. The van der Waals surface area contributed by atoms with Crippen molar-refractivity contribution < 1.29 is 19.4 Å². The van der Waals surface area contributed by atoms with E-state index in [2.05, 4.69) is 0 Å². The van der Waals surface area contributed by atoms with Crippen LogP contribution >= 0.6 is 0 Å². The number of benzene rings is 1. The Morgan fingerprint density at radius 1 is 1.20 bits per heavy atom. The van der Waals surface area contributed by atoms with Gasteiger partial charge in [-0.15, -0.1) is 0 Å². The normalized spacial score (nSPS) is 14.8. The average Bonchev–Trinajstić information content (AvgIpc) is 2.58. The molecule has 0 aromatic heterocycles. The van der Waals surface area contributed by atoms with E-state index in [1.54, 1.807) is 6.92 Å². The Morgan fingerprint density at radius 2 is 1.84 bits per heavy atom. The van der Waals surface area contributed by atoms with Crippen LogP contribution in [0.25, 0.3) is 0 Å². The van der Waals surface area contributed by atoms with E-state index >= 15 is 0 Å². The first-order valence-electron chi connectivity index (χ1n) is 8.95. The molecule has 5 heteroatoms. The molecule has 0 aliphatic rings. The third-order valence-electron chi connectivity index (χ3n) is 4.58. The minimum Gasteiger partial charge on any atom is -0.480 e. The average molecular weight is 349 g/mol. The highest BCUT2D eigenvalue weighted by atomic mass is 16.5. The largest absolute Gasteiger partial charge is 0.480 e. The van der Waals surface area contributed by atoms with Crippen molar-refractivity contribution in [1.82, 2.24) is 4.90 Å². The van der Waals surface area contributed by atoms with Gasteiger partial charge in [-0.3, -0.25) is 9.59 Å². The molecule has 0 bridgehead atoms. The van der Waals surface area contributed by atoms with Crippen LogP contribution in [0, 0.1) is 5.41 Å². The van der Waals surface area contributed by atoms with Crippen LogP contribution in [-0.4, -0.2) is 48.7 Å². The zero-order valence-electron chi connectivity index (χ0n) is 15.8. The van der Waals surface area contributed by atoms with E-state index in [9.17, 15) is 14.7 Å². The molecule has 140 valence electrons. The molecule has 25 heavy (non-hydrogen) atoms. The maximum Gasteiger partial charge on any atom is 0.323 e. The van der Waals surface area contributed by atoms with Gasteiger partial charge in [0.05, 0.1) is 6.10 Å². The Bertz CT molecular complexity index is 544. The van der Waals surface area contributed by atoms with Crippen molar-refractivity contribution in [2.75, 3.05) is 20.6 Å². The van der Waals surface area contributed by atoms with Gasteiger partial charge in [-0.2, -0.15) is 0 Å². The molecular weight excluding hydrogens is 318 g/mol. The van der Waals surface area contributed by atoms with Gasteiger partial charge in [0, 0.05) is 0 Å². The summed E-state index contributed by atoms with van der Waals surface area (Å²) < 4.78 is 5.44. The fourth-order valence-corrected chi connectivity index (χ4v) is 2.71. The highest BCUT2D eigenvalue weighted by Gasteiger charge is 2.47. The minimum absolute atomic E-state index is 0.245. The first-order valence-corrected chi connectivity index (χ1v) is 8.95. The standard InChI is InChI=1S/C20H31NO4/c1-5-16(2)25-19(24)20(18(22)23,13-9-15-21(3)4)14-12-17-10-7-6-8-11-17/h6-8,10-11,16H,5,9,12-15H2,1-4H3,(H,22,23). The van der Waals surface area contributed by atoms with Gasteiger partial charge in [-0.1, -0.05) is 37.3 Å². The lowest BCUT2D eigenvalue weighted by Crippen LogP contribution is -2.43. The number of hydrogen-bond donors (Lipinski definition) is 1. The van der Waals surface area contributed by atoms with Crippen LogP contribution in [0.1, 0.15) is 45.1 Å². The molecule has 1 aromatic rings. The van der Waals surface area contributed by atoms with Gasteiger partial charge in [0.15, 0.2) is 5.41 Å². The summed E-state index contributed by atoms with van der Waals surface area (Å²) in [4.78, 5) is 26.9. The number of carboxylic acid groups (broad SMARTS) is 1. The Hall–Kier alpha value is -1.88. The first kappa shape index (κ1) is 21.2. The number of ether oxygens (including phenoxy) is 1. The molecule has 1 rings (SSSR count). The summed E-state index contributed by atoms with van der Waals surface area (Å²) in [5.74, 6) is -1.69. The summed E-state index contributed by atoms with van der Waals surface area (Å²) >= 11 is 0. The third kappa shape index (κ3) is 6.50. The molecular formula is C20H31NO4. The number of hydrogen-bond acceptors (Lipinski definition) is 4. The predicted octanol–water partition coefficient (Wildman–Crippen LogP) is 3.37. The number of carboxylic acids is 1. The van der Waals surface area contributed by atoms with Crippen molar-refractivity contribution in [1.29, 1.82) is 0 Å². The van der Waals surface area contributed by atoms with Crippen LogP contribution < -0.4 is 0 Å². The van der Waals surface area contributed by atoms with Crippen LogP contribution in [0.3, 0.4) is 0 Å².